The minimum Gasteiger partial charge on any atom is -0.442 e. The van der Waals surface area contributed by atoms with E-state index in [1.165, 1.54) is 11.8 Å². The van der Waals surface area contributed by atoms with Gasteiger partial charge < -0.3 is 15.0 Å². The van der Waals surface area contributed by atoms with Gasteiger partial charge in [0.2, 0.25) is 5.91 Å². The number of hydrogen-bond acceptors (Lipinski definition) is 7. The van der Waals surface area contributed by atoms with Crippen LogP contribution in [0.1, 0.15) is 13.3 Å². The molecule has 1 atom stereocenters. The maximum absolute atomic E-state index is 14.9. The third-order valence-electron chi connectivity index (χ3n) is 5.48. The number of hydrogen-bond donors (Lipinski definition) is 1. The van der Waals surface area contributed by atoms with Crippen molar-refractivity contribution in [3.8, 4) is 0 Å². The molecule has 1 unspecified atom stereocenters. The van der Waals surface area contributed by atoms with Crippen molar-refractivity contribution in [2.45, 2.75) is 19.4 Å². The van der Waals surface area contributed by atoms with E-state index in [1.54, 1.807) is 4.67 Å². The van der Waals surface area contributed by atoms with E-state index < -0.39 is 31.6 Å². The van der Waals surface area contributed by atoms with Crippen molar-refractivity contribution in [2.75, 3.05) is 62.3 Å². The molecule has 3 heterocycles. The number of ether oxygens (including phenoxy) is 1. The molecule has 0 bridgehead atoms. The monoisotopic (exact) mass is 474 g/mol. The Hall–Kier alpha value is -2.27. The van der Waals surface area contributed by atoms with Gasteiger partial charge in [0, 0.05) is 45.2 Å². The van der Waals surface area contributed by atoms with Gasteiger partial charge in [0.05, 0.1) is 32.0 Å². The number of carbonyl (C=O) groups excluding carboxylic acids is 2. The van der Waals surface area contributed by atoms with Crippen LogP contribution in [0, 0.1) is 11.6 Å². The molecule has 1 aromatic rings. The number of piperazine rings is 1. The van der Waals surface area contributed by atoms with Crippen molar-refractivity contribution < 1.29 is 36.7 Å². The van der Waals surface area contributed by atoms with Crippen molar-refractivity contribution in [1.29, 1.82) is 0 Å². The maximum atomic E-state index is 14.9. The van der Waals surface area contributed by atoms with Crippen molar-refractivity contribution in [2.24, 2.45) is 0 Å². The number of cyclic esters (lactones) is 1. The Morgan fingerprint density at radius 3 is 2.38 bits per heavy atom. The molecule has 13 heteroatoms. The number of rotatable bonds is 5. The molecule has 3 aliphatic rings. The van der Waals surface area contributed by atoms with Crippen LogP contribution in [0.2, 0.25) is 0 Å². The molecular formula is C19H25F2N4O6P. The summed E-state index contributed by atoms with van der Waals surface area (Å²) in [6.45, 7) is 3.21. The van der Waals surface area contributed by atoms with Crippen LogP contribution < -0.4 is 15.1 Å². The van der Waals surface area contributed by atoms with Crippen molar-refractivity contribution in [3.05, 3.63) is 23.8 Å². The van der Waals surface area contributed by atoms with Crippen LogP contribution in [0.4, 0.5) is 25.0 Å². The fraction of sp³-hybridized carbons (Fsp3) is 0.579. The van der Waals surface area contributed by atoms with Crippen LogP contribution >= 0.6 is 7.75 Å². The molecule has 32 heavy (non-hydrogen) atoms. The first-order chi connectivity index (χ1) is 15.3. The molecule has 3 saturated heterocycles. The van der Waals surface area contributed by atoms with Crippen LogP contribution in [0.15, 0.2) is 12.1 Å². The molecule has 3 fully saturated rings. The highest BCUT2D eigenvalue weighted by Gasteiger charge is 2.39. The Balaban J connectivity index is 1.43. The molecule has 0 aromatic heterocycles. The summed E-state index contributed by atoms with van der Waals surface area (Å²) in [5.74, 6) is -1.90. The number of nitrogens with zero attached hydrogens (tertiary/aromatic N) is 3. The molecule has 0 saturated carbocycles. The maximum Gasteiger partial charge on any atom is 0.414 e. The van der Waals surface area contributed by atoms with Gasteiger partial charge in [0.1, 0.15) is 11.8 Å². The van der Waals surface area contributed by atoms with Gasteiger partial charge in [-0.1, -0.05) is 0 Å². The van der Waals surface area contributed by atoms with E-state index in [4.69, 9.17) is 13.8 Å². The Bertz CT molecular complexity index is 909. The Morgan fingerprint density at radius 2 is 1.78 bits per heavy atom. The van der Waals surface area contributed by atoms with Crippen molar-refractivity contribution >= 4 is 31.1 Å². The summed E-state index contributed by atoms with van der Waals surface area (Å²) in [4.78, 5) is 25.8. The predicted octanol–water partition coefficient (Wildman–Crippen LogP) is 2.09. The lowest BCUT2D eigenvalue weighted by molar-refractivity contribution is -0.119. The van der Waals surface area contributed by atoms with E-state index >= 15 is 0 Å². The second-order valence-electron chi connectivity index (χ2n) is 7.74. The summed E-state index contributed by atoms with van der Waals surface area (Å²) in [6.07, 6.45) is -0.680. The molecule has 3 aliphatic heterocycles. The number of benzene rings is 1. The van der Waals surface area contributed by atoms with E-state index in [2.05, 4.69) is 5.32 Å². The number of carbonyl (C=O) groups is 2. The largest absolute Gasteiger partial charge is 0.442 e. The molecule has 10 nitrogen and oxygen atoms in total. The van der Waals surface area contributed by atoms with Gasteiger partial charge in [0.25, 0.3) is 0 Å². The fourth-order valence-corrected chi connectivity index (χ4v) is 5.68. The van der Waals surface area contributed by atoms with Gasteiger partial charge in [-0.2, -0.15) is 0 Å². The summed E-state index contributed by atoms with van der Waals surface area (Å²) in [6, 6.07) is 2.17. The van der Waals surface area contributed by atoms with Gasteiger partial charge in [-0.3, -0.25) is 18.7 Å². The van der Waals surface area contributed by atoms with E-state index in [-0.39, 0.29) is 56.6 Å². The molecule has 2 amide bonds. The summed E-state index contributed by atoms with van der Waals surface area (Å²) in [5, 5.41) is 2.55. The highest BCUT2D eigenvalue weighted by molar-refractivity contribution is 7.51. The average molecular weight is 474 g/mol. The van der Waals surface area contributed by atoms with Gasteiger partial charge in [-0.25, -0.2) is 22.8 Å². The van der Waals surface area contributed by atoms with Crippen LogP contribution in [0.25, 0.3) is 0 Å². The smallest absolute Gasteiger partial charge is 0.414 e. The minimum absolute atomic E-state index is 0.0335. The Morgan fingerprint density at radius 1 is 1.16 bits per heavy atom. The minimum atomic E-state index is -3.34. The SMILES string of the molecule is CC(=O)NCC1CN(c2cc(F)c(N3CCN(P4(=O)OCCCO4)CC3)c(F)c2)C(=O)O1. The zero-order valence-electron chi connectivity index (χ0n) is 17.6. The fourth-order valence-electron chi connectivity index (χ4n) is 3.89. The second-order valence-corrected chi connectivity index (χ2v) is 9.76. The molecule has 4 rings (SSSR count). The standard InChI is InChI=1S/C19H25F2N4O6P/c1-13(26)22-11-15-12-25(19(27)31-15)14-9-16(20)18(17(21)10-14)23-3-5-24(6-4-23)32(28)29-7-2-8-30-32/h9-10,15H,2-8,11-12H2,1H3,(H,22,26). The molecule has 0 radical (unpaired) electrons. The summed E-state index contributed by atoms with van der Waals surface area (Å²) < 4.78 is 60.0. The third kappa shape index (κ3) is 4.73. The molecule has 176 valence electrons. The van der Waals surface area contributed by atoms with Gasteiger partial charge >= 0.3 is 13.8 Å². The zero-order valence-corrected chi connectivity index (χ0v) is 18.5. The van der Waals surface area contributed by atoms with E-state index in [9.17, 15) is 22.9 Å². The number of anilines is 2. The molecule has 1 N–H and O–H groups in total. The summed E-state index contributed by atoms with van der Waals surface area (Å²) in [7, 11) is -3.34. The van der Waals surface area contributed by atoms with Gasteiger partial charge in [-0.15, -0.1) is 0 Å². The lowest BCUT2D eigenvalue weighted by Crippen LogP contribution is -2.46. The highest BCUT2D eigenvalue weighted by atomic mass is 31.2. The van der Waals surface area contributed by atoms with Gasteiger partial charge in [-0.05, 0) is 6.42 Å². The van der Waals surface area contributed by atoms with Crippen LogP contribution in [-0.4, -0.2) is 75.3 Å². The van der Waals surface area contributed by atoms with Crippen molar-refractivity contribution in [1.82, 2.24) is 9.99 Å². The number of halogens is 2. The first-order valence-electron chi connectivity index (χ1n) is 10.4. The first-order valence-corrected chi connectivity index (χ1v) is 11.9. The summed E-state index contributed by atoms with van der Waals surface area (Å²) in [5.41, 5.74) is -0.175. The summed E-state index contributed by atoms with van der Waals surface area (Å²) >= 11 is 0. The van der Waals surface area contributed by atoms with Crippen LogP contribution in [0.3, 0.4) is 0 Å². The first kappa shape index (κ1) is 22.9. The van der Waals surface area contributed by atoms with E-state index in [0.29, 0.717) is 19.6 Å². The molecule has 0 aliphatic carbocycles. The third-order valence-corrected chi connectivity index (χ3v) is 7.59. The molecule has 0 spiro atoms. The number of nitrogens with one attached hydrogen (secondary N) is 1. The topological polar surface area (TPSA) is 101 Å². The highest BCUT2D eigenvalue weighted by Crippen LogP contribution is 2.54. The van der Waals surface area contributed by atoms with Crippen LogP contribution in [-0.2, 0) is 23.1 Å². The lowest BCUT2D eigenvalue weighted by atomic mass is 10.2. The average Bonchev–Trinajstić information content (AvgIpc) is 3.13. The molecular weight excluding hydrogens is 449 g/mol. The Kier molecular flexibility index (Phi) is 6.66. The predicted molar refractivity (Wildman–Crippen MR) is 111 cm³/mol. The van der Waals surface area contributed by atoms with Crippen LogP contribution in [0.5, 0.6) is 0 Å². The van der Waals surface area contributed by atoms with Gasteiger partial charge in [0.15, 0.2) is 11.6 Å². The Labute approximate surface area is 184 Å². The van der Waals surface area contributed by atoms with E-state index in [1.807, 2.05) is 0 Å². The number of amides is 2. The lowest BCUT2D eigenvalue weighted by Gasteiger charge is -2.39. The molecule has 1 aromatic carbocycles. The quantitative estimate of drug-likeness (QED) is 0.648. The normalized spacial score (nSPS) is 23.8. The zero-order chi connectivity index (χ0) is 22.9. The second kappa shape index (κ2) is 9.30. The van der Waals surface area contributed by atoms with E-state index in [0.717, 1.165) is 17.0 Å². The van der Waals surface area contributed by atoms with Crippen molar-refractivity contribution in [3.63, 3.8) is 0 Å².